The summed E-state index contributed by atoms with van der Waals surface area (Å²) in [4.78, 5) is 48.9. The maximum atomic E-state index is 12.3. The number of fused-ring (bicyclic) bond motifs is 2. The van der Waals surface area contributed by atoms with Crippen LogP contribution in [0.4, 0.5) is 5.69 Å². The van der Waals surface area contributed by atoms with Crippen LogP contribution in [-0.4, -0.2) is 29.7 Å². The van der Waals surface area contributed by atoms with E-state index in [0.717, 1.165) is 0 Å². The molecular weight excluding hydrogens is 346 g/mol. The highest BCUT2D eigenvalue weighted by Crippen LogP contribution is 2.19. The molecule has 1 atom stereocenters. The number of amides is 3. The van der Waals surface area contributed by atoms with Gasteiger partial charge >= 0.3 is 0 Å². The lowest BCUT2D eigenvalue weighted by Gasteiger charge is -2.13. The molecule has 0 fully saturated rings. The Labute approximate surface area is 153 Å². The summed E-state index contributed by atoms with van der Waals surface area (Å²) in [5, 5.41) is 6.68. The Kier molecular flexibility index (Phi) is 4.29. The maximum Gasteiger partial charge on any atom is 0.254 e. The molecule has 3 amide bonds. The molecule has 0 saturated carbocycles. The van der Waals surface area contributed by atoms with Gasteiger partial charge in [-0.25, -0.2) is 9.98 Å². The summed E-state index contributed by atoms with van der Waals surface area (Å²) in [6.07, 6.45) is 0.119. The molecule has 8 nitrogen and oxygen atoms in total. The van der Waals surface area contributed by atoms with E-state index >= 15 is 0 Å². The van der Waals surface area contributed by atoms with Gasteiger partial charge in [0.1, 0.15) is 6.04 Å². The van der Waals surface area contributed by atoms with E-state index in [1.807, 2.05) is 12.1 Å². The molecule has 2 N–H and O–H groups in total. The molecule has 0 radical (unpaired) electrons. The molecule has 0 bridgehead atoms. The van der Waals surface area contributed by atoms with E-state index in [1.54, 1.807) is 36.4 Å². The Morgan fingerprint density at radius 2 is 1.67 bits per heavy atom. The van der Waals surface area contributed by atoms with Crippen molar-refractivity contribution in [2.75, 3.05) is 5.32 Å². The number of hydrogen-bond acceptors (Lipinski definition) is 3. The molecule has 27 heavy (non-hydrogen) atoms. The second-order valence-electron chi connectivity index (χ2n) is 6.12. The number of carbonyl (C=O) groups is 3. The van der Waals surface area contributed by atoms with Crippen molar-refractivity contribution < 1.29 is 14.4 Å². The minimum Gasteiger partial charge on any atom is -0.340 e. The average Bonchev–Trinajstić information content (AvgIpc) is 3.02. The summed E-state index contributed by atoms with van der Waals surface area (Å²) in [6, 6.07) is 13.2. The molecule has 2 aliphatic heterocycles. The SMILES string of the molecule is O=C(CCC1NC(=O)c2ccccc2NC1=O)N=C1N=c2ccccc2=N1. The number of carbonyl (C=O) groups excluding carboxylic acids is 3. The summed E-state index contributed by atoms with van der Waals surface area (Å²) < 4.78 is 0. The summed E-state index contributed by atoms with van der Waals surface area (Å²) in [7, 11) is 0. The van der Waals surface area contributed by atoms with E-state index in [2.05, 4.69) is 25.6 Å². The number of aliphatic imine (C=N–C) groups is 1. The molecule has 8 heteroatoms. The predicted molar refractivity (Wildman–Crippen MR) is 96.8 cm³/mol. The number of para-hydroxylation sites is 3. The second kappa shape index (κ2) is 6.91. The first-order chi connectivity index (χ1) is 13.1. The monoisotopic (exact) mass is 361 g/mol. The highest BCUT2D eigenvalue weighted by atomic mass is 16.2. The number of nitrogens with one attached hydrogen (secondary N) is 2. The highest BCUT2D eigenvalue weighted by molar-refractivity contribution is 6.09. The lowest BCUT2D eigenvalue weighted by atomic mass is 10.1. The van der Waals surface area contributed by atoms with Crippen LogP contribution in [0.5, 0.6) is 0 Å². The first-order valence-electron chi connectivity index (χ1n) is 8.45. The van der Waals surface area contributed by atoms with Crippen LogP contribution in [0.25, 0.3) is 0 Å². The first kappa shape index (κ1) is 16.8. The van der Waals surface area contributed by atoms with Gasteiger partial charge in [0.2, 0.25) is 11.8 Å². The number of guanidine groups is 1. The van der Waals surface area contributed by atoms with E-state index in [4.69, 9.17) is 0 Å². The van der Waals surface area contributed by atoms with Crippen LogP contribution >= 0.6 is 0 Å². The van der Waals surface area contributed by atoms with E-state index in [9.17, 15) is 14.4 Å². The van der Waals surface area contributed by atoms with Gasteiger partial charge in [0, 0.05) is 6.42 Å². The molecule has 2 aromatic rings. The number of benzene rings is 2. The largest absolute Gasteiger partial charge is 0.340 e. The highest BCUT2D eigenvalue weighted by Gasteiger charge is 2.27. The van der Waals surface area contributed by atoms with E-state index in [1.165, 1.54) is 0 Å². The van der Waals surface area contributed by atoms with Crippen LogP contribution in [-0.2, 0) is 9.59 Å². The first-order valence-corrected chi connectivity index (χ1v) is 8.45. The Balaban J connectivity index is 1.43. The van der Waals surface area contributed by atoms with Crippen LogP contribution < -0.4 is 21.3 Å². The number of hydrogen-bond donors (Lipinski definition) is 2. The molecule has 134 valence electrons. The Morgan fingerprint density at radius 1 is 1.00 bits per heavy atom. The van der Waals surface area contributed by atoms with Gasteiger partial charge in [0.15, 0.2) is 0 Å². The van der Waals surface area contributed by atoms with Crippen molar-refractivity contribution in [2.24, 2.45) is 15.0 Å². The third-order valence-electron chi connectivity index (χ3n) is 4.25. The van der Waals surface area contributed by atoms with Crippen molar-refractivity contribution in [1.82, 2.24) is 5.32 Å². The lowest BCUT2D eigenvalue weighted by Crippen LogP contribution is -2.41. The van der Waals surface area contributed by atoms with Gasteiger partial charge in [-0.15, -0.1) is 0 Å². The van der Waals surface area contributed by atoms with Crippen LogP contribution in [0.3, 0.4) is 0 Å². The molecule has 0 aromatic heterocycles. The lowest BCUT2D eigenvalue weighted by molar-refractivity contribution is -0.119. The average molecular weight is 361 g/mol. The van der Waals surface area contributed by atoms with Gasteiger partial charge in [-0.1, -0.05) is 24.3 Å². The van der Waals surface area contributed by atoms with Crippen LogP contribution in [0.15, 0.2) is 63.5 Å². The Bertz CT molecular complexity index is 1070. The van der Waals surface area contributed by atoms with Crippen molar-refractivity contribution in [1.29, 1.82) is 0 Å². The normalized spacial score (nSPS) is 17.5. The Hall–Kier alpha value is -3.68. The molecule has 2 aliphatic rings. The van der Waals surface area contributed by atoms with Crippen LogP contribution in [0.2, 0.25) is 0 Å². The van der Waals surface area contributed by atoms with Gasteiger partial charge in [-0.2, -0.15) is 4.99 Å². The molecule has 0 spiro atoms. The number of nitrogens with zero attached hydrogens (tertiary/aromatic N) is 3. The third kappa shape index (κ3) is 3.50. The quantitative estimate of drug-likeness (QED) is 0.823. The summed E-state index contributed by atoms with van der Waals surface area (Å²) in [6.45, 7) is 0. The van der Waals surface area contributed by atoms with Gasteiger partial charge in [0.05, 0.1) is 22.0 Å². The zero-order valence-corrected chi connectivity index (χ0v) is 14.2. The molecule has 4 rings (SSSR count). The fraction of sp³-hybridized carbons (Fsp3) is 0.158. The standard InChI is InChI=1S/C19H15N5O3/c25-16(24-19-22-13-7-3-4-8-14(13)23-19)10-9-15-18(27)20-12-6-2-1-5-11(12)17(26)21-15/h1-8,15H,9-10H2,(H,20,27)(H,21,26). The van der Waals surface area contributed by atoms with Crippen molar-refractivity contribution in [3.8, 4) is 0 Å². The van der Waals surface area contributed by atoms with E-state index in [-0.39, 0.29) is 30.6 Å². The van der Waals surface area contributed by atoms with E-state index in [0.29, 0.717) is 22.0 Å². The van der Waals surface area contributed by atoms with Gasteiger partial charge in [-0.3, -0.25) is 14.4 Å². The molecule has 0 aliphatic carbocycles. The number of anilines is 1. The van der Waals surface area contributed by atoms with Crippen molar-refractivity contribution in [3.63, 3.8) is 0 Å². The zero-order valence-electron chi connectivity index (χ0n) is 14.2. The topological polar surface area (TPSA) is 112 Å². The molecule has 2 heterocycles. The van der Waals surface area contributed by atoms with Crippen LogP contribution in [0.1, 0.15) is 23.2 Å². The predicted octanol–water partition coefficient (Wildman–Crippen LogP) is 0.353. The minimum absolute atomic E-state index is 0.0143. The molecule has 2 aromatic carbocycles. The molecule has 0 saturated heterocycles. The van der Waals surface area contributed by atoms with Gasteiger partial charge in [0.25, 0.3) is 11.9 Å². The van der Waals surface area contributed by atoms with Gasteiger partial charge < -0.3 is 10.6 Å². The van der Waals surface area contributed by atoms with Crippen LogP contribution in [0, 0.1) is 0 Å². The number of rotatable bonds is 3. The molecule has 1 unspecified atom stereocenters. The Morgan fingerprint density at radius 3 is 2.41 bits per heavy atom. The van der Waals surface area contributed by atoms with E-state index < -0.39 is 11.9 Å². The zero-order chi connectivity index (χ0) is 18.8. The second-order valence-corrected chi connectivity index (χ2v) is 6.12. The van der Waals surface area contributed by atoms with Crippen molar-refractivity contribution in [3.05, 3.63) is 64.8 Å². The fourth-order valence-corrected chi connectivity index (χ4v) is 2.89. The third-order valence-corrected chi connectivity index (χ3v) is 4.25. The van der Waals surface area contributed by atoms with Crippen molar-refractivity contribution >= 4 is 29.4 Å². The summed E-state index contributed by atoms with van der Waals surface area (Å²) in [5.41, 5.74) is 0.844. The molecular formula is C19H15N5O3. The fourth-order valence-electron chi connectivity index (χ4n) is 2.89. The smallest absolute Gasteiger partial charge is 0.254 e. The summed E-state index contributed by atoms with van der Waals surface area (Å²) >= 11 is 0. The van der Waals surface area contributed by atoms with Gasteiger partial charge in [-0.05, 0) is 30.7 Å². The maximum absolute atomic E-state index is 12.3. The summed E-state index contributed by atoms with van der Waals surface area (Å²) in [5.74, 6) is -1.07. The van der Waals surface area contributed by atoms with Crippen molar-refractivity contribution in [2.45, 2.75) is 18.9 Å². The minimum atomic E-state index is -0.816.